The van der Waals surface area contributed by atoms with Gasteiger partial charge in [0.15, 0.2) is 0 Å². The minimum absolute atomic E-state index is 0.0326. The molecule has 0 amide bonds. The van der Waals surface area contributed by atoms with Gasteiger partial charge in [0.2, 0.25) is 0 Å². The van der Waals surface area contributed by atoms with E-state index in [9.17, 15) is 4.79 Å². The summed E-state index contributed by atoms with van der Waals surface area (Å²) in [5.74, 6) is 1.51. The van der Waals surface area contributed by atoms with Gasteiger partial charge in [-0.05, 0) is 112 Å². The molecular formula is C43H74O9P8. The van der Waals surface area contributed by atoms with Crippen molar-refractivity contribution in [2.45, 2.75) is 196 Å². The lowest BCUT2D eigenvalue weighted by molar-refractivity contribution is -0.251. The fourth-order valence-electron chi connectivity index (χ4n) is 11.2. The Balaban J connectivity index is 1.14. The zero-order chi connectivity index (χ0) is 42.8. The molecule has 0 aromatic carbocycles. The Bertz CT molecular complexity index is 1510. The first-order valence-corrected chi connectivity index (χ1v) is 34.5. The monoisotopic (exact) mass is 982 g/mol. The average Bonchev–Trinajstić information content (AvgIpc) is 3.81. The largest absolute Gasteiger partial charge is 0.374 e. The van der Waals surface area contributed by atoms with Crippen LogP contribution in [0.1, 0.15) is 111 Å². The number of hydrogen-bond donors (Lipinski definition) is 0. The Labute approximate surface area is 376 Å². The molecule has 340 valence electrons. The quantitative estimate of drug-likeness (QED) is 0.165. The van der Waals surface area contributed by atoms with E-state index in [-0.39, 0.29) is 103 Å². The first kappa shape index (κ1) is 49.9. The van der Waals surface area contributed by atoms with Gasteiger partial charge >= 0.3 is 0 Å². The summed E-state index contributed by atoms with van der Waals surface area (Å²) in [6.07, 6.45) is 10.5. The highest BCUT2D eigenvalue weighted by molar-refractivity contribution is 8.41. The van der Waals surface area contributed by atoms with Gasteiger partial charge in [-0.1, -0.05) is 81.8 Å². The van der Waals surface area contributed by atoms with Crippen molar-refractivity contribution in [2.75, 3.05) is 6.16 Å². The lowest BCUT2D eigenvalue weighted by atomic mass is 9.78. The van der Waals surface area contributed by atoms with Crippen LogP contribution >= 0.6 is 68.0 Å². The number of hydrogen-bond acceptors (Lipinski definition) is 9. The molecule has 0 saturated carbocycles. The molecular weight excluding hydrogens is 908 g/mol. The molecule has 7 saturated heterocycles. The molecule has 8 bridgehead atoms. The van der Waals surface area contributed by atoms with Crippen LogP contribution in [0.2, 0.25) is 0 Å². The van der Waals surface area contributed by atoms with Crippen molar-refractivity contribution in [3.8, 4) is 0 Å². The van der Waals surface area contributed by atoms with E-state index in [2.05, 4.69) is 85.2 Å². The third-order valence-electron chi connectivity index (χ3n) is 14.6. The Kier molecular flexibility index (Phi) is 19.0. The average molecular weight is 983 g/mol. The zero-order valence-corrected chi connectivity index (χ0v) is 44.6. The summed E-state index contributed by atoms with van der Waals surface area (Å²) >= 11 is 0. The molecule has 0 radical (unpaired) electrons. The molecule has 7 aliphatic rings. The van der Waals surface area contributed by atoms with E-state index < -0.39 is 15.1 Å². The standard InChI is InChI=1S/C43H74O9P8/c1-22-7-8-29-18-25(4)33(45-29)11-9-30-17-24(3)26(5)36(46-30)21-37-32(27(6)35(48-37)15-23(2)13-14-58-53)20-28(44)19-31-10-12-34-39(47-31)43(52-60(56)57)42-41(49-34)40(51-59(54)55)38(16-22)50-42/h23-24,27,29-43,58H,1,4-5,7-21,53-57H2,2-3,6H3/t23?,24-,27-,29?,30+,31?,32?,33?,34+,35-,36?,37+,38?,39+,40+,41+,42?,43+/m1/s1. The number of rotatable bonds is 9. The van der Waals surface area contributed by atoms with Crippen molar-refractivity contribution in [3.05, 3.63) is 36.5 Å². The molecule has 7 rings (SSSR count). The van der Waals surface area contributed by atoms with Crippen molar-refractivity contribution in [1.82, 2.24) is 0 Å². The summed E-state index contributed by atoms with van der Waals surface area (Å²) in [5, 5.41) is 0. The second-order valence-electron chi connectivity index (χ2n) is 19.1. The van der Waals surface area contributed by atoms with Crippen LogP contribution in [-0.2, 0) is 42.3 Å². The van der Waals surface area contributed by atoms with Gasteiger partial charge in [0.05, 0.1) is 70.0 Å². The fourth-order valence-corrected chi connectivity index (χ4v) is 15.1. The third kappa shape index (κ3) is 12.6. The van der Waals surface area contributed by atoms with E-state index in [1.165, 1.54) is 18.2 Å². The van der Waals surface area contributed by atoms with Gasteiger partial charge in [-0.25, -0.2) is 0 Å². The molecule has 0 spiro atoms. The van der Waals surface area contributed by atoms with Crippen molar-refractivity contribution >= 4 is 73.7 Å². The minimum atomic E-state index is -0.901. The van der Waals surface area contributed by atoms with Crippen LogP contribution in [0.25, 0.3) is 0 Å². The molecule has 7 fully saturated rings. The highest BCUT2D eigenvalue weighted by Gasteiger charge is 2.59. The Morgan fingerprint density at radius 3 is 2.17 bits per heavy atom. The molecule has 7 heterocycles. The molecule has 9 nitrogen and oxygen atoms in total. The predicted molar refractivity (Wildman–Crippen MR) is 265 cm³/mol. The molecule has 0 N–H and O–H groups in total. The Morgan fingerprint density at radius 2 is 1.42 bits per heavy atom. The Hall–Kier alpha value is 2.01. The number of carbonyl (C=O) groups is 1. The highest BCUT2D eigenvalue weighted by Crippen LogP contribution is 2.60. The molecule has 0 aromatic heterocycles. The summed E-state index contributed by atoms with van der Waals surface area (Å²) in [7, 11) is 13.2. The number of fused-ring (bicyclic) bond motifs is 7. The van der Waals surface area contributed by atoms with E-state index >= 15 is 0 Å². The molecule has 60 heavy (non-hydrogen) atoms. The first-order chi connectivity index (χ1) is 28.7. The van der Waals surface area contributed by atoms with Crippen LogP contribution in [0.15, 0.2) is 36.5 Å². The molecule has 7 aliphatic heterocycles. The topological polar surface area (TPSA) is 90.9 Å². The predicted octanol–water partition coefficient (Wildman–Crippen LogP) is 11.0. The summed E-state index contributed by atoms with van der Waals surface area (Å²) in [6.45, 7) is 20.5. The van der Waals surface area contributed by atoms with Crippen LogP contribution in [-0.4, -0.2) is 97.4 Å². The first-order valence-electron chi connectivity index (χ1n) is 22.5. The number of Topliss-reactive ketones (excluding diaryl/α,β-unsaturated/α-hetero) is 1. The maximum absolute atomic E-state index is 14.3. The van der Waals surface area contributed by atoms with Gasteiger partial charge in [-0.15, -0.1) is 17.2 Å². The van der Waals surface area contributed by atoms with Crippen LogP contribution in [0.5, 0.6) is 0 Å². The molecule has 14 unspecified atom stereocenters. The van der Waals surface area contributed by atoms with Crippen LogP contribution in [0.4, 0.5) is 0 Å². The zero-order valence-electron chi connectivity index (χ0n) is 36.1. The summed E-state index contributed by atoms with van der Waals surface area (Å²) in [4.78, 5) is 14.3. The lowest BCUT2D eigenvalue weighted by Crippen LogP contribution is -2.61. The van der Waals surface area contributed by atoms with E-state index in [1.807, 2.05) is 0 Å². The molecule has 0 aliphatic carbocycles. The fraction of sp³-hybridized carbons (Fsp3) is 0.837. The van der Waals surface area contributed by atoms with E-state index in [0.717, 1.165) is 83.6 Å². The highest BCUT2D eigenvalue weighted by atomic mass is 32.4. The van der Waals surface area contributed by atoms with E-state index in [1.54, 1.807) is 0 Å². The van der Waals surface area contributed by atoms with Crippen molar-refractivity contribution < 1.29 is 42.3 Å². The van der Waals surface area contributed by atoms with Crippen LogP contribution in [0, 0.1) is 23.7 Å². The van der Waals surface area contributed by atoms with Crippen LogP contribution in [0.3, 0.4) is 0 Å². The third-order valence-corrected chi connectivity index (χ3v) is 18.4. The van der Waals surface area contributed by atoms with Crippen molar-refractivity contribution in [3.63, 3.8) is 0 Å². The van der Waals surface area contributed by atoms with Gasteiger partial charge in [-0.2, -0.15) is 0 Å². The maximum Gasteiger partial charge on any atom is 0.135 e. The normalized spacial score (nSPS) is 43.9. The smallest absolute Gasteiger partial charge is 0.135 e. The molecule has 0 aromatic rings. The summed E-state index contributed by atoms with van der Waals surface area (Å²) in [6, 6.07) is 0. The second kappa shape index (κ2) is 22.9. The maximum atomic E-state index is 14.3. The van der Waals surface area contributed by atoms with Gasteiger partial charge in [0, 0.05) is 19.3 Å². The number of ether oxygens (including phenoxy) is 6. The van der Waals surface area contributed by atoms with Gasteiger partial charge in [0.1, 0.15) is 36.3 Å². The van der Waals surface area contributed by atoms with Gasteiger partial charge in [-0.3, -0.25) is 4.79 Å². The number of ketones is 1. The Morgan fingerprint density at radius 1 is 0.733 bits per heavy atom. The molecule has 17 heteroatoms. The van der Waals surface area contributed by atoms with Gasteiger partial charge in [0.25, 0.3) is 0 Å². The van der Waals surface area contributed by atoms with Crippen molar-refractivity contribution in [1.29, 1.82) is 0 Å². The molecule has 24 atom stereocenters. The van der Waals surface area contributed by atoms with E-state index in [0.29, 0.717) is 31.1 Å². The van der Waals surface area contributed by atoms with Crippen LogP contribution < -0.4 is 0 Å². The van der Waals surface area contributed by atoms with E-state index in [4.69, 9.17) is 37.5 Å². The summed E-state index contributed by atoms with van der Waals surface area (Å²) < 4.78 is 54.8. The number of carbonyl (C=O) groups excluding carboxylic acids is 1. The minimum Gasteiger partial charge on any atom is -0.374 e. The SMILES string of the molecule is C=C1CCC2CC(=C)C(CC[C@H]3C[C@@H](C)C(=C)C(C[C@@H]4O[C@H](CC(C)CCPP)[C@H](C)C4CC(=O)CC4CC[C@@H]5O[C@@H]6C(OC(C1)[C@@H]6OP(P)P)[C@@H](OP(P)P)[C@H]5O4)O3)O2. The van der Waals surface area contributed by atoms with Gasteiger partial charge < -0.3 is 37.5 Å². The summed E-state index contributed by atoms with van der Waals surface area (Å²) in [5.41, 5.74) is 3.45. The van der Waals surface area contributed by atoms with Crippen molar-refractivity contribution in [2.24, 2.45) is 23.7 Å². The lowest BCUT2D eigenvalue weighted by Gasteiger charge is -2.48. The second-order valence-corrected chi connectivity index (χ2v) is 32.8.